The summed E-state index contributed by atoms with van der Waals surface area (Å²) in [6.07, 6.45) is 2.61. The van der Waals surface area contributed by atoms with Crippen LogP contribution in [0.5, 0.6) is 11.5 Å². The molecular formula is C19H22N2O2S. The van der Waals surface area contributed by atoms with Gasteiger partial charge in [0.1, 0.15) is 18.1 Å². The predicted octanol–water partition coefficient (Wildman–Crippen LogP) is 3.79. The molecule has 0 aliphatic heterocycles. The van der Waals surface area contributed by atoms with Crippen LogP contribution in [0.15, 0.2) is 61.2 Å². The number of nitrogens with one attached hydrogen (secondary N) is 2. The Labute approximate surface area is 148 Å². The summed E-state index contributed by atoms with van der Waals surface area (Å²) in [5.74, 6) is 1.67. The highest BCUT2D eigenvalue weighted by Crippen LogP contribution is 2.15. The van der Waals surface area contributed by atoms with E-state index in [0.717, 1.165) is 30.2 Å². The van der Waals surface area contributed by atoms with Crippen molar-refractivity contribution in [1.82, 2.24) is 5.32 Å². The van der Waals surface area contributed by atoms with Crippen molar-refractivity contribution in [3.63, 3.8) is 0 Å². The van der Waals surface area contributed by atoms with Gasteiger partial charge in [0.05, 0.1) is 7.11 Å². The fraction of sp³-hybridized carbons (Fsp3) is 0.211. The molecule has 0 aliphatic rings. The number of hydrogen-bond donors (Lipinski definition) is 2. The molecule has 2 rings (SSSR count). The Morgan fingerprint density at radius 1 is 1.08 bits per heavy atom. The third-order valence-electron chi connectivity index (χ3n) is 3.34. The van der Waals surface area contributed by atoms with Crippen molar-refractivity contribution in [3.8, 4) is 11.5 Å². The summed E-state index contributed by atoms with van der Waals surface area (Å²) in [6.45, 7) is 4.88. The zero-order valence-electron chi connectivity index (χ0n) is 13.7. The van der Waals surface area contributed by atoms with Gasteiger partial charge in [0.2, 0.25) is 0 Å². The summed E-state index contributed by atoms with van der Waals surface area (Å²) in [5, 5.41) is 6.96. The van der Waals surface area contributed by atoms with Gasteiger partial charge in [-0.3, -0.25) is 0 Å². The molecule has 0 unspecified atom stereocenters. The summed E-state index contributed by atoms with van der Waals surface area (Å²) in [6, 6.07) is 15.7. The number of hydrogen-bond acceptors (Lipinski definition) is 3. The number of ether oxygens (including phenoxy) is 2. The molecule has 0 aliphatic carbocycles. The standard InChI is InChI=1S/C19H22N2O2S/c1-3-14-23-18-10-6-16(7-11-18)21-19(24)20-13-12-15-4-8-17(22-2)9-5-15/h3-11H,1,12-14H2,2H3,(H2,20,21,24). The SMILES string of the molecule is C=CCOc1ccc(NC(=S)NCCc2ccc(OC)cc2)cc1. The molecule has 0 fully saturated rings. The molecule has 0 radical (unpaired) electrons. The van der Waals surface area contributed by atoms with Crippen LogP contribution >= 0.6 is 12.2 Å². The van der Waals surface area contributed by atoms with Crippen molar-refractivity contribution in [3.05, 3.63) is 66.7 Å². The quantitative estimate of drug-likeness (QED) is 0.564. The second-order valence-corrected chi connectivity index (χ2v) is 5.51. The Kier molecular flexibility index (Phi) is 7.11. The summed E-state index contributed by atoms with van der Waals surface area (Å²) < 4.78 is 10.6. The van der Waals surface area contributed by atoms with Crippen LogP contribution in [0.25, 0.3) is 0 Å². The van der Waals surface area contributed by atoms with Crippen LogP contribution < -0.4 is 20.1 Å². The molecule has 2 N–H and O–H groups in total. The fourth-order valence-electron chi connectivity index (χ4n) is 2.08. The topological polar surface area (TPSA) is 42.5 Å². The summed E-state index contributed by atoms with van der Waals surface area (Å²) in [7, 11) is 1.67. The lowest BCUT2D eigenvalue weighted by atomic mass is 10.1. The predicted molar refractivity (Wildman–Crippen MR) is 103 cm³/mol. The van der Waals surface area contributed by atoms with E-state index in [4.69, 9.17) is 21.7 Å². The molecule has 0 spiro atoms. The van der Waals surface area contributed by atoms with Crippen LogP contribution in [0.4, 0.5) is 5.69 Å². The zero-order chi connectivity index (χ0) is 17.2. The number of methoxy groups -OCH3 is 1. The maximum absolute atomic E-state index is 5.44. The molecule has 0 atom stereocenters. The maximum Gasteiger partial charge on any atom is 0.170 e. The van der Waals surface area contributed by atoms with Gasteiger partial charge in [0, 0.05) is 12.2 Å². The molecule has 0 amide bonds. The van der Waals surface area contributed by atoms with Gasteiger partial charge in [-0.1, -0.05) is 24.8 Å². The van der Waals surface area contributed by atoms with Crippen molar-refractivity contribution in [2.24, 2.45) is 0 Å². The number of anilines is 1. The largest absolute Gasteiger partial charge is 0.497 e. The normalized spacial score (nSPS) is 9.88. The van der Waals surface area contributed by atoms with Crippen LogP contribution in [-0.2, 0) is 6.42 Å². The molecule has 5 heteroatoms. The first kappa shape index (κ1) is 17.8. The number of benzene rings is 2. The first-order valence-corrected chi connectivity index (χ1v) is 8.13. The van der Waals surface area contributed by atoms with Gasteiger partial charge in [-0.25, -0.2) is 0 Å². The van der Waals surface area contributed by atoms with E-state index in [1.165, 1.54) is 5.56 Å². The van der Waals surface area contributed by atoms with Crippen molar-refractivity contribution < 1.29 is 9.47 Å². The van der Waals surface area contributed by atoms with Gasteiger partial charge >= 0.3 is 0 Å². The number of rotatable bonds is 8. The van der Waals surface area contributed by atoms with E-state index in [-0.39, 0.29) is 0 Å². The molecule has 2 aromatic carbocycles. The lowest BCUT2D eigenvalue weighted by Gasteiger charge is -2.11. The van der Waals surface area contributed by atoms with Crippen molar-refractivity contribution >= 4 is 23.0 Å². The van der Waals surface area contributed by atoms with Crippen LogP contribution in [0, 0.1) is 0 Å². The van der Waals surface area contributed by atoms with Crippen molar-refractivity contribution in [2.45, 2.75) is 6.42 Å². The Bertz CT molecular complexity index is 654. The van der Waals surface area contributed by atoms with E-state index in [0.29, 0.717) is 11.7 Å². The molecule has 0 aromatic heterocycles. The molecule has 126 valence electrons. The van der Waals surface area contributed by atoms with Gasteiger partial charge in [0.15, 0.2) is 5.11 Å². The summed E-state index contributed by atoms with van der Waals surface area (Å²) >= 11 is 5.31. The third-order valence-corrected chi connectivity index (χ3v) is 3.58. The second-order valence-electron chi connectivity index (χ2n) is 5.10. The molecule has 0 heterocycles. The van der Waals surface area contributed by atoms with Crippen LogP contribution in [-0.4, -0.2) is 25.4 Å². The van der Waals surface area contributed by atoms with Crippen molar-refractivity contribution in [2.75, 3.05) is 25.6 Å². The van der Waals surface area contributed by atoms with E-state index < -0.39 is 0 Å². The lowest BCUT2D eigenvalue weighted by Crippen LogP contribution is -2.30. The summed E-state index contributed by atoms with van der Waals surface area (Å²) in [5.41, 5.74) is 2.15. The minimum atomic E-state index is 0.498. The third kappa shape index (κ3) is 5.93. The monoisotopic (exact) mass is 342 g/mol. The van der Waals surface area contributed by atoms with E-state index in [1.807, 2.05) is 36.4 Å². The Morgan fingerprint density at radius 3 is 2.38 bits per heavy atom. The molecule has 2 aromatic rings. The minimum absolute atomic E-state index is 0.498. The average Bonchev–Trinajstić information content (AvgIpc) is 2.62. The smallest absolute Gasteiger partial charge is 0.170 e. The first-order valence-electron chi connectivity index (χ1n) is 7.73. The van der Waals surface area contributed by atoms with Crippen LogP contribution in [0.1, 0.15) is 5.56 Å². The summed E-state index contributed by atoms with van der Waals surface area (Å²) in [4.78, 5) is 0. The lowest BCUT2D eigenvalue weighted by molar-refractivity contribution is 0.363. The van der Waals surface area contributed by atoms with Crippen LogP contribution in [0.3, 0.4) is 0 Å². The van der Waals surface area contributed by atoms with E-state index in [9.17, 15) is 0 Å². The second kappa shape index (κ2) is 9.57. The molecule has 4 nitrogen and oxygen atoms in total. The van der Waals surface area contributed by atoms with Gasteiger partial charge in [0.25, 0.3) is 0 Å². The molecule has 0 bridgehead atoms. The molecule has 24 heavy (non-hydrogen) atoms. The Balaban J connectivity index is 1.73. The van der Waals surface area contributed by atoms with Gasteiger partial charge in [-0.2, -0.15) is 0 Å². The first-order chi connectivity index (χ1) is 11.7. The average molecular weight is 342 g/mol. The highest BCUT2D eigenvalue weighted by Gasteiger charge is 2.00. The van der Waals surface area contributed by atoms with Crippen LogP contribution in [0.2, 0.25) is 0 Å². The Hall–Kier alpha value is -2.53. The van der Waals surface area contributed by atoms with Gasteiger partial charge in [-0.05, 0) is 60.6 Å². The highest BCUT2D eigenvalue weighted by atomic mass is 32.1. The zero-order valence-corrected chi connectivity index (χ0v) is 14.6. The Morgan fingerprint density at radius 2 is 1.75 bits per heavy atom. The fourth-order valence-corrected chi connectivity index (χ4v) is 2.30. The van der Waals surface area contributed by atoms with E-state index >= 15 is 0 Å². The maximum atomic E-state index is 5.44. The van der Waals surface area contributed by atoms with E-state index in [2.05, 4.69) is 29.3 Å². The number of thiocarbonyl (C=S) groups is 1. The molecule has 0 saturated heterocycles. The molecule has 0 saturated carbocycles. The van der Waals surface area contributed by atoms with Gasteiger partial charge in [-0.15, -0.1) is 0 Å². The molecular weight excluding hydrogens is 320 g/mol. The van der Waals surface area contributed by atoms with Crippen molar-refractivity contribution in [1.29, 1.82) is 0 Å². The minimum Gasteiger partial charge on any atom is -0.497 e. The highest BCUT2D eigenvalue weighted by molar-refractivity contribution is 7.80. The van der Waals surface area contributed by atoms with E-state index in [1.54, 1.807) is 13.2 Å². The van der Waals surface area contributed by atoms with Gasteiger partial charge < -0.3 is 20.1 Å².